The molecule has 0 heterocycles. The molecule has 1 aromatic carbocycles. The molecule has 40 heavy (non-hydrogen) atoms. The molecule has 0 spiro atoms. The maximum Gasteiger partial charge on any atom is 0.310 e. The number of aliphatic hydroxyl groups is 2. The maximum absolute atomic E-state index is 13.5. The predicted octanol–water partition coefficient (Wildman–Crippen LogP) is 3.06. The van der Waals surface area contributed by atoms with Crippen molar-refractivity contribution in [3.8, 4) is 0 Å². The van der Waals surface area contributed by atoms with Gasteiger partial charge in [0, 0.05) is 16.7 Å². The van der Waals surface area contributed by atoms with Gasteiger partial charge in [-0.3, -0.25) is 14.4 Å². The van der Waals surface area contributed by atoms with E-state index in [2.05, 4.69) is 11.8 Å². The first kappa shape index (κ1) is 28.2. The SMILES string of the molecule is C[C@]12C=CC(=O)C=C1CC[C@@H]1[C@@H]2[C@@H](O)C[C@@]2(C)[C@H]1CC[C@]2(O)C(=O)COC(=O)Cc1ccccc1CO[N+](=O)[O-]. The Labute approximate surface area is 232 Å². The maximum atomic E-state index is 13.5. The Morgan fingerprint density at radius 3 is 2.62 bits per heavy atom. The standard InChI is InChI=1S/C30H35NO9/c1-28-11-9-21(32)14-20(28)7-8-22-23-10-12-30(36,29(23,2)15-24(33)27(22)28)25(34)17-39-26(35)13-18-5-3-4-6-19(18)16-40-31(37)38/h3-6,9,11,14,22-24,27,33,36H,7-8,10,12-13,15-17H2,1-2H3/t22-,23-,24-,27+,28-,29-,30-/m0/s1. The molecule has 0 saturated heterocycles. The van der Waals surface area contributed by atoms with Gasteiger partial charge in [-0.05, 0) is 67.2 Å². The van der Waals surface area contributed by atoms with E-state index in [4.69, 9.17) is 4.74 Å². The highest BCUT2D eigenvalue weighted by Crippen LogP contribution is 2.67. The molecule has 214 valence electrons. The number of aliphatic hydroxyl groups excluding tert-OH is 1. The number of esters is 1. The van der Waals surface area contributed by atoms with Gasteiger partial charge in [-0.15, -0.1) is 10.1 Å². The molecule has 0 amide bonds. The number of carbonyl (C=O) groups is 3. The topological polar surface area (TPSA) is 153 Å². The Bertz CT molecular complexity index is 1300. The summed E-state index contributed by atoms with van der Waals surface area (Å²) in [5.41, 5.74) is -1.13. The van der Waals surface area contributed by atoms with Gasteiger partial charge < -0.3 is 19.8 Å². The van der Waals surface area contributed by atoms with Gasteiger partial charge in [-0.25, -0.2) is 0 Å². The number of hydrogen-bond acceptors (Lipinski definition) is 9. The lowest BCUT2D eigenvalue weighted by Gasteiger charge is -2.59. The highest BCUT2D eigenvalue weighted by molar-refractivity contribution is 6.01. The summed E-state index contributed by atoms with van der Waals surface area (Å²) in [6.07, 6.45) is 6.73. The Morgan fingerprint density at radius 1 is 1.18 bits per heavy atom. The second kappa shape index (κ2) is 10.2. The molecule has 10 heteroatoms. The van der Waals surface area contributed by atoms with Crippen LogP contribution in [0, 0.1) is 38.7 Å². The number of Topliss-reactive ketones (excluding diaryl/α,β-unsaturated/α-hetero) is 1. The zero-order chi connectivity index (χ0) is 28.9. The lowest BCUT2D eigenvalue weighted by atomic mass is 9.46. The van der Waals surface area contributed by atoms with Gasteiger partial charge in [-0.2, -0.15) is 0 Å². The fraction of sp³-hybridized carbons (Fsp3) is 0.567. The normalized spacial score (nSPS) is 36.1. The summed E-state index contributed by atoms with van der Waals surface area (Å²) in [5.74, 6) is -1.40. The second-order valence-corrected chi connectivity index (χ2v) is 12.1. The van der Waals surface area contributed by atoms with E-state index in [0.717, 1.165) is 18.4 Å². The van der Waals surface area contributed by atoms with E-state index in [0.29, 0.717) is 17.5 Å². The Kier molecular flexibility index (Phi) is 7.20. The molecular weight excluding hydrogens is 518 g/mol. The van der Waals surface area contributed by atoms with Crippen LogP contribution in [0.4, 0.5) is 0 Å². The van der Waals surface area contributed by atoms with Crippen LogP contribution in [0.25, 0.3) is 0 Å². The fourth-order valence-corrected chi connectivity index (χ4v) is 8.25. The van der Waals surface area contributed by atoms with E-state index in [-0.39, 0.29) is 49.4 Å². The van der Waals surface area contributed by atoms with Gasteiger partial charge >= 0.3 is 5.97 Å². The molecule has 0 bridgehead atoms. The Morgan fingerprint density at radius 2 is 1.90 bits per heavy atom. The first-order valence-corrected chi connectivity index (χ1v) is 13.8. The number of fused-ring (bicyclic) bond motifs is 5. The summed E-state index contributed by atoms with van der Waals surface area (Å²) < 4.78 is 5.29. The minimum atomic E-state index is -1.75. The first-order valence-electron chi connectivity index (χ1n) is 13.8. The molecule has 0 radical (unpaired) electrons. The monoisotopic (exact) mass is 553 g/mol. The number of ether oxygens (including phenoxy) is 1. The van der Waals surface area contributed by atoms with Crippen LogP contribution in [0.15, 0.2) is 48.1 Å². The smallest absolute Gasteiger partial charge is 0.310 e. The summed E-state index contributed by atoms with van der Waals surface area (Å²) in [6.45, 7) is 3.01. The lowest BCUT2D eigenvalue weighted by Crippen LogP contribution is -2.61. The summed E-state index contributed by atoms with van der Waals surface area (Å²) in [5, 5.41) is 32.9. The van der Waals surface area contributed by atoms with Gasteiger partial charge in [0.2, 0.25) is 5.78 Å². The van der Waals surface area contributed by atoms with Gasteiger partial charge in [0.15, 0.2) is 12.4 Å². The van der Waals surface area contributed by atoms with Crippen LogP contribution in [0.1, 0.15) is 57.1 Å². The number of allylic oxidation sites excluding steroid dienone is 4. The van der Waals surface area contributed by atoms with Crippen LogP contribution in [0.2, 0.25) is 0 Å². The molecule has 4 aliphatic carbocycles. The highest BCUT2D eigenvalue weighted by atomic mass is 16.9. The van der Waals surface area contributed by atoms with E-state index in [1.807, 2.05) is 13.0 Å². The summed E-state index contributed by atoms with van der Waals surface area (Å²) in [7, 11) is 0. The quantitative estimate of drug-likeness (QED) is 0.281. The van der Waals surface area contributed by atoms with Crippen molar-refractivity contribution >= 4 is 17.5 Å². The van der Waals surface area contributed by atoms with Crippen molar-refractivity contribution in [2.24, 2.45) is 28.6 Å². The number of hydrogen-bond donors (Lipinski definition) is 2. The van der Waals surface area contributed by atoms with Gasteiger partial charge in [0.1, 0.15) is 12.2 Å². The second-order valence-electron chi connectivity index (χ2n) is 12.1. The number of nitrogens with zero attached hydrogens (tertiary/aromatic N) is 1. The molecule has 7 atom stereocenters. The number of ketones is 2. The molecule has 0 aromatic heterocycles. The summed E-state index contributed by atoms with van der Waals surface area (Å²) in [6, 6.07) is 6.58. The van der Waals surface area contributed by atoms with Gasteiger partial charge in [0.25, 0.3) is 5.09 Å². The lowest BCUT2D eigenvalue weighted by molar-refractivity contribution is -0.763. The third-order valence-electron chi connectivity index (χ3n) is 10.3. The largest absolute Gasteiger partial charge is 0.457 e. The van der Waals surface area contributed by atoms with Crippen molar-refractivity contribution in [3.05, 3.63) is 69.3 Å². The van der Waals surface area contributed by atoms with Crippen molar-refractivity contribution in [1.29, 1.82) is 0 Å². The van der Waals surface area contributed by atoms with E-state index >= 15 is 0 Å². The van der Waals surface area contributed by atoms with Crippen LogP contribution in [0.3, 0.4) is 0 Å². The van der Waals surface area contributed by atoms with Crippen LogP contribution >= 0.6 is 0 Å². The highest BCUT2D eigenvalue weighted by Gasteiger charge is 2.68. The third-order valence-corrected chi connectivity index (χ3v) is 10.3. The number of carbonyl (C=O) groups excluding carboxylic acids is 3. The van der Waals surface area contributed by atoms with Crippen molar-refractivity contribution < 1.29 is 39.3 Å². The van der Waals surface area contributed by atoms with E-state index in [1.54, 1.807) is 36.4 Å². The van der Waals surface area contributed by atoms with Crippen LogP contribution < -0.4 is 0 Å². The zero-order valence-electron chi connectivity index (χ0n) is 22.7. The average molecular weight is 554 g/mol. The molecule has 4 aliphatic rings. The molecule has 0 unspecified atom stereocenters. The first-order chi connectivity index (χ1) is 18.9. The summed E-state index contributed by atoms with van der Waals surface area (Å²) in [4.78, 5) is 53.1. The van der Waals surface area contributed by atoms with E-state index in [9.17, 15) is 34.7 Å². The van der Waals surface area contributed by atoms with Gasteiger partial charge in [0.05, 0.1) is 12.5 Å². The third kappa shape index (κ3) is 4.56. The molecule has 1 aromatic rings. The van der Waals surface area contributed by atoms with Crippen LogP contribution in [0.5, 0.6) is 0 Å². The average Bonchev–Trinajstić information content (AvgIpc) is 3.17. The minimum Gasteiger partial charge on any atom is -0.457 e. The van der Waals surface area contributed by atoms with Crippen LogP contribution in [-0.2, 0) is 37.0 Å². The van der Waals surface area contributed by atoms with E-state index < -0.39 is 46.0 Å². The van der Waals surface area contributed by atoms with Crippen molar-refractivity contribution in [2.45, 2.75) is 70.7 Å². The molecule has 5 rings (SSSR count). The molecule has 0 aliphatic heterocycles. The zero-order valence-corrected chi connectivity index (χ0v) is 22.7. The van der Waals surface area contributed by atoms with Gasteiger partial charge in [-0.1, -0.05) is 49.8 Å². The van der Waals surface area contributed by atoms with Crippen molar-refractivity contribution in [2.75, 3.05) is 6.61 Å². The van der Waals surface area contributed by atoms with Crippen molar-refractivity contribution in [1.82, 2.24) is 0 Å². The van der Waals surface area contributed by atoms with E-state index in [1.165, 1.54) is 0 Å². The van der Waals surface area contributed by atoms with Crippen LogP contribution in [-0.4, -0.2) is 51.1 Å². The summed E-state index contributed by atoms with van der Waals surface area (Å²) >= 11 is 0. The van der Waals surface area contributed by atoms with Crippen molar-refractivity contribution in [3.63, 3.8) is 0 Å². The molecule has 2 N–H and O–H groups in total. The Hall–Kier alpha value is -3.37. The molecular formula is C30H35NO9. The number of rotatable bonds is 8. The molecule has 3 fully saturated rings. The molecule has 10 nitrogen and oxygen atoms in total. The fourth-order valence-electron chi connectivity index (χ4n) is 8.25. The minimum absolute atomic E-state index is 0.0107. The number of benzene rings is 1. The molecule has 3 saturated carbocycles. The predicted molar refractivity (Wildman–Crippen MR) is 141 cm³/mol. The Balaban J connectivity index is 1.27.